The second-order valence-corrected chi connectivity index (χ2v) is 7.84. The summed E-state index contributed by atoms with van der Waals surface area (Å²) in [4.78, 5) is 12.5. The first kappa shape index (κ1) is 17.5. The molecule has 1 N–H and O–H groups in total. The number of hydrogen-bond acceptors (Lipinski definition) is 4. The Morgan fingerprint density at radius 3 is 2.74 bits per heavy atom. The van der Waals surface area contributed by atoms with Crippen molar-refractivity contribution < 1.29 is 13.7 Å². The van der Waals surface area contributed by atoms with E-state index in [9.17, 15) is 9.18 Å². The Balaban J connectivity index is 1.68. The minimum absolute atomic E-state index is 0.0277. The van der Waals surface area contributed by atoms with Gasteiger partial charge in [-0.05, 0) is 49.4 Å². The van der Waals surface area contributed by atoms with Gasteiger partial charge in [0.25, 0.3) is 5.91 Å². The van der Waals surface area contributed by atoms with E-state index in [2.05, 4.69) is 29.4 Å². The van der Waals surface area contributed by atoms with Gasteiger partial charge in [-0.1, -0.05) is 19.0 Å². The zero-order valence-electron chi connectivity index (χ0n) is 15.5. The molecule has 0 unspecified atom stereocenters. The maximum atomic E-state index is 13.3. The van der Waals surface area contributed by atoms with Crippen LogP contribution in [0.25, 0.3) is 5.69 Å². The van der Waals surface area contributed by atoms with Crippen LogP contribution in [0.3, 0.4) is 0 Å². The quantitative estimate of drug-likeness (QED) is 0.764. The summed E-state index contributed by atoms with van der Waals surface area (Å²) in [5, 5.41) is 11.3. The summed E-state index contributed by atoms with van der Waals surface area (Å²) in [5.41, 5.74) is 3.43. The van der Waals surface area contributed by atoms with E-state index in [1.165, 1.54) is 12.1 Å². The molecule has 0 saturated heterocycles. The second kappa shape index (κ2) is 6.33. The van der Waals surface area contributed by atoms with Gasteiger partial charge in [-0.25, -0.2) is 9.07 Å². The van der Waals surface area contributed by atoms with Crippen molar-refractivity contribution in [2.24, 2.45) is 5.41 Å². The SMILES string of the molecule is Cc1cc(C(=O)N[C@H]2CC(C)(C)Cc3c2cnn3-c2ccc(F)cc2)on1. The number of nitrogens with zero attached hydrogens (tertiary/aromatic N) is 3. The van der Waals surface area contributed by atoms with Crippen molar-refractivity contribution in [2.75, 3.05) is 0 Å². The highest BCUT2D eigenvalue weighted by Crippen LogP contribution is 2.41. The van der Waals surface area contributed by atoms with Gasteiger partial charge in [-0.2, -0.15) is 5.10 Å². The van der Waals surface area contributed by atoms with E-state index >= 15 is 0 Å². The summed E-state index contributed by atoms with van der Waals surface area (Å²) in [5.74, 6) is -0.380. The molecule has 7 heteroatoms. The van der Waals surface area contributed by atoms with Crippen molar-refractivity contribution in [1.29, 1.82) is 0 Å². The lowest BCUT2D eigenvalue weighted by Gasteiger charge is -2.35. The van der Waals surface area contributed by atoms with Crippen LogP contribution in [0.1, 0.15) is 53.8 Å². The smallest absolute Gasteiger partial charge is 0.290 e. The number of carbonyl (C=O) groups is 1. The van der Waals surface area contributed by atoms with Gasteiger partial charge in [0.1, 0.15) is 5.82 Å². The van der Waals surface area contributed by atoms with Crippen LogP contribution in [0.2, 0.25) is 0 Å². The standard InChI is InChI=1S/C20H21FN4O2/c1-12-8-18(27-24-12)19(26)23-16-9-20(2,3)10-17-15(16)11-22-25(17)14-6-4-13(21)5-7-14/h4-8,11,16H,9-10H2,1-3H3,(H,23,26)/t16-/m0/s1. The number of hydrogen-bond donors (Lipinski definition) is 1. The molecule has 0 spiro atoms. The van der Waals surface area contributed by atoms with Crippen LogP contribution in [0.5, 0.6) is 0 Å². The van der Waals surface area contributed by atoms with Crippen molar-refractivity contribution in [1.82, 2.24) is 20.3 Å². The van der Waals surface area contributed by atoms with Gasteiger partial charge >= 0.3 is 0 Å². The van der Waals surface area contributed by atoms with Gasteiger partial charge in [-0.3, -0.25) is 4.79 Å². The van der Waals surface area contributed by atoms with E-state index in [0.717, 1.165) is 29.8 Å². The zero-order valence-corrected chi connectivity index (χ0v) is 15.5. The summed E-state index contributed by atoms with van der Waals surface area (Å²) in [6.07, 6.45) is 3.38. The van der Waals surface area contributed by atoms with Gasteiger partial charge < -0.3 is 9.84 Å². The summed E-state index contributed by atoms with van der Waals surface area (Å²) >= 11 is 0. The Labute approximate surface area is 156 Å². The van der Waals surface area contributed by atoms with E-state index in [1.807, 2.05) is 4.68 Å². The molecule has 1 atom stereocenters. The lowest BCUT2D eigenvalue weighted by atomic mass is 9.74. The number of fused-ring (bicyclic) bond motifs is 1. The highest BCUT2D eigenvalue weighted by atomic mass is 19.1. The molecule has 140 valence electrons. The largest absolute Gasteiger partial charge is 0.351 e. The first-order valence-electron chi connectivity index (χ1n) is 8.89. The van der Waals surface area contributed by atoms with Crippen LogP contribution in [0, 0.1) is 18.2 Å². The highest BCUT2D eigenvalue weighted by molar-refractivity contribution is 5.91. The number of aromatic nitrogens is 3. The molecule has 6 nitrogen and oxygen atoms in total. The van der Waals surface area contributed by atoms with E-state index in [4.69, 9.17) is 4.52 Å². The molecule has 1 aromatic carbocycles. The fraction of sp³-hybridized carbons (Fsp3) is 0.350. The van der Waals surface area contributed by atoms with E-state index in [1.54, 1.807) is 31.3 Å². The lowest BCUT2D eigenvalue weighted by molar-refractivity contribution is 0.0881. The molecular weight excluding hydrogens is 347 g/mol. The van der Waals surface area contributed by atoms with Crippen molar-refractivity contribution in [3.05, 3.63) is 65.1 Å². The number of halogens is 1. The Morgan fingerprint density at radius 1 is 1.33 bits per heavy atom. The molecule has 1 aliphatic rings. The van der Waals surface area contributed by atoms with Crippen LogP contribution < -0.4 is 5.32 Å². The molecule has 2 aromatic heterocycles. The number of aryl methyl sites for hydroxylation is 1. The average Bonchev–Trinajstić information content (AvgIpc) is 3.21. The number of nitrogens with one attached hydrogen (secondary N) is 1. The Morgan fingerprint density at radius 2 is 2.07 bits per heavy atom. The molecule has 1 amide bonds. The monoisotopic (exact) mass is 368 g/mol. The maximum Gasteiger partial charge on any atom is 0.290 e. The second-order valence-electron chi connectivity index (χ2n) is 7.84. The molecule has 0 saturated carbocycles. The predicted octanol–water partition coefficient (Wildman–Crippen LogP) is 3.75. The molecule has 0 fully saturated rings. The molecule has 4 rings (SSSR count). The minimum Gasteiger partial charge on any atom is -0.351 e. The molecule has 2 heterocycles. The van der Waals surface area contributed by atoms with Crippen molar-refractivity contribution >= 4 is 5.91 Å². The van der Waals surface area contributed by atoms with Crippen LogP contribution in [-0.2, 0) is 6.42 Å². The normalized spacial score (nSPS) is 18.1. The summed E-state index contributed by atoms with van der Waals surface area (Å²) < 4.78 is 20.2. The molecule has 0 radical (unpaired) electrons. The number of benzene rings is 1. The topological polar surface area (TPSA) is 73.0 Å². The fourth-order valence-corrected chi connectivity index (χ4v) is 3.68. The highest BCUT2D eigenvalue weighted by Gasteiger charge is 2.36. The van der Waals surface area contributed by atoms with Crippen LogP contribution in [0.4, 0.5) is 4.39 Å². The summed E-state index contributed by atoms with van der Waals surface area (Å²) in [6, 6.07) is 7.68. The van der Waals surface area contributed by atoms with Gasteiger partial charge in [0, 0.05) is 11.6 Å². The van der Waals surface area contributed by atoms with Gasteiger partial charge in [0.15, 0.2) is 0 Å². The Bertz CT molecular complexity index is 988. The lowest BCUT2D eigenvalue weighted by Crippen LogP contribution is -2.36. The van der Waals surface area contributed by atoms with Gasteiger partial charge in [0.05, 0.1) is 29.3 Å². The molecule has 3 aromatic rings. The third-order valence-corrected chi connectivity index (χ3v) is 4.91. The number of rotatable bonds is 3. The third-order valence-electron chi connectivity index (χ3n) is 4.91. The fourth-order valence-electron chi connectivity index (χ4n) is 3.68. The van der Waals surface area contributed by atoms with Crippen LogP contribution >= 0.6 is 0 Å². The average molecular weight is 368 g/mol. The van der Waals surface area contributed by atoms with Crippen LogP contribution in [-0.4, -0.2) is 20.8 Å². The summed E-state index contributed by atoms with van der Waals surface area (Å²) in [6.45, 7) is 6.10. The zero-order chi connectivity index (χ0) is 19.2. The van der Waals surface area contributed by atoms with E-state index in [-0.39, 0.29) is 28.9 Å². The van der Waals surface area contributed by atoms with Crippen molar-refractivity contribution in [3.63, 3.8) is 0 Å². The van der Waals surface area contributed by atoms with E-state index in [0.29, 0.717) is 5.69 Å². The predicted molar refractivity (Wildman–Crippen MR) is 97.1 cm³/mol. The third kappa shape index (κ3) is 3.37. The van der Waals surface area contributed by atoms with Gasteiger partial charge in [0.2, 0.25) is 5.76 Å². The number of amides is 1. The van der Waals surface area contributed by atoms with Crippen LogP contribution in [0.15, 0.2) is 41.1 Å². The Kier molecular flexibility index (Phi) is 4.09. The molecular formula is C20H21FN4O2. The van der Waals surface area contributed by atoms with E-state index < -0.39 is 0 Å². The first-order chi connectivity index (χ1) is 12.8. The first-order valence-corrected chi connectivity index (χ1v) is 8.89. The molecule has 27 heavy (non-hydrogen) atoms. The minimum atomic E-state index is -0.293. The maximum absolute atomic E-state index is 13.3. The molecule has 1 aliphatic carbocycles. The molecule has 0 bridgehead atoms. The number of carbonyl (C=O) groups excluding carboxylic acids is 1. The van der Waals surface area contributed by atoms with Crippen molar-refractivity contribution in [3.8, 4) is 5.69 Å². The molecule has 0 aliphatic heterocycles. The Hall–Kier alpha value is -2.96. The van der Waals surface area contributed by atoms with Gasteiger partial charge in [-0.15, -0.1) is 0 Å². The van der Waals surface area contributed by atoms with Crippen molar-refractivity contribution in [2.45, 2.75) is 39.7 Å². The summed E-state index contributed by atoms with van der Waals surface area (Å²) in [7, 11) is 0.